The molecule has 0 bridgehead atoms. The van der Waals surface area contributed by atoms with Crippen LogP contribution in [0.1, 0.15) is 49.9 Å². The van der Waals surface area contributed by atoms with Gasteiger partial charge < -0.3 is 26.8 Å². The highest BCUT2D eigenvalue weighted by Crippen LogP contribution is 2.31. The predicted molar refractivity (Wildman–Crippen MR) is 161 cm³/mol. The smallest absolute Gasteiger partial charge is 0.246 e. The van der Waals surface area contributed by atoms with Gasteiger partial charge in [0.25, 0.3) is 0 Å². The highest BCUT2D eigenvalue weighted by Gasteiger charge is 2.42. The van der Waals surface area contributed by atoms with Crippen LogP contribution >= 0.6 is 0 Å². The number of likely N-dealkylation sites (N-methyl/N-ethyl adjacent to an activating group) is 1. The molecule has 3 atom stereocenters. The van der Waals surface area contributed by atoms with E-state index in [4.69, 9.17) is 11.5 Å². The van der Waals surface area contributed by atoms with Crippen LogP contribution in [0.5, 0.6) is 5.75 Å². The van der Waals surface area contributed by atoms with E-state index in [-0.39, 0.29) is 30.4 Å². The Labute approximate surface area is 246 Å². The van der Waals surface area contributed by atoms with E-state index in [0.29, 0.717) is 16.7 Å². The van der Waals surface area contributed by atoms with E-state index in [2.05, 4.69) is 5.32 Å². The minimum atomic E-state index is -1.45. The minimum Gasteiger partial charge on any atom is -0.508 e. The monoisotopic (exact) mass is 576 g/mol. The molecular weight excluding hydrogens is 535 g/mol. The van der Waals surface area contributed by atoms with E-state index in [1.807, 2.05) is 51.1 Å². The van der Waals surface area contributed by atoms with Crippen LogP contribution in [-0.2, 0) is 39.1 Å². The Bertz CT molecular complexity index is 1410. The van der Waals surface area contributed by atoms with E-state index in [0.717, 1.165) is 5.56 Å². The first-order chi connectivity index (χ1) is 19.6. The molecule has 3 amide bonds. The van der Waals surface area contributed by atoms with Crippen molar-refractivity contribution in [2.45, 2.75) is 70.0 Å². The van der Waals surface area contributed by atoms with Crippen molar-refractivity contribution < 1.29 is 23.9 Å². The number of hydrogen-bond acceptors (Lipinski definition) is 5. The Morgan fingerprint density at radius 1 is 0.905 bits per heavy atom. The zero-order chi connectivity index (χ0) is 31.2. The van der Waals surface area contributed by atoms with Gasteiger partial charge in [0.2, 0.25) is 17.7 Å². The van der Waals surface area contributed by atoms with Crippen molar-refractivity contribution in [2.75, 3.05) is 7.05 Å². The second-order valence-electron chi connectivity index (χ2n) is 12.0. The Balaban J connectivity index is 1.89. The number of phenolic OH excluding ortho intramolecular Hbond substituents is 1. The van der Waals surface area contributed by atoms with E-state index in [1.54, 1.807) is 37.3 Å². The molecule has 0 saturated carbocycles. The molecule has 42 heavy (non-hydrogen) atoms. The Morgan fingerprint density at radius 2 is 1.50 bits per heavy atom. The van der Waals surface area contributed by atoms with Crippen LogP contribution in [0.3, 0.4) is 0 Å². The van der Waals surface area contributed by atoms with Crippen LogP contribution in [-0.4, -0.2) is 52.4 Å². The molecule has 0 spiro atoms. The molecule has 8 nitrogen and oxygen atoms in total. The lowest BCUT2D eigenvalue weighted by Gasteiger charge is -2.39. The molecule has 6 N–H and O–H groups in total. The van der Waals surface area contributed by atoms with Crippen molar-refractivity contribution in [3.05, 3.63) is 101 Å². The average molecular weight is 577 g/mol. The maximum absolute atomic E-state index is 14.0. The van der Waals surface area contributed by atoms with E-state index in [9.17, 15) is 23.9 Å². The molecule has 3 aromatic rings. The second kappa shape index (κ2) is 13.2. The van der Waals surface area contributed by atoms with Gasteiger partial charge >= 0.3 is 0 Å². The zero-order valence-electron chi connectivity index (χ0n) is 24.9. The van der Waals surface area contributed by atoms with Crippen molar-refractivity contribution >= 4 is 17.7 Å². The summed E-state index contributed by atoms with van der Waals surface area (Å²) in [6, 6.07) is 17.9. The third-order valence-electron chi connectivity index (χ3n) is 7.59. The number of carbonyl (C=O) groups excluding carboxylic acids is 3. The second-order valence-corrected chi connectivity index (χ2v) is 12.0. The summed E-state index contributed by atoms with van der Waals surface area (Å²) >= 11 is 0. The van der Waals surface area contributed by atoms with Gasteiger partial charge in [0.1, 0.15) is 23.1 Å². The molecule has 3 aromatic carbocycles. The highest BCUT2D eigenvalue weighted by molar-refractivity contribution is 5.95. The summed E-state index contributed by atoms with van der Waals surface area (Å²) in [7, 11) is 1.50. The quantitative estimate of drug-likeness (QED) is 0.277. The first-order valence-corrected chi connectivity index (χ1v) is 13.9. The summed E-state index contributed by atoms with van der Waals surface area (Å²) in [5.74, 6) is -2.06. The molecule has 0 fully saturated rings. The van der Waals surface area contributed by atoms with E-state index in [1.165, 1.54) is 24.1 Å². The largest absolute Gasteiger partial charge is 0.508 e. The molecular formula is C33H41FN4O4. The molecule has 0 unspecified atom stereocenters. The number of benzene rings is 3. The van der Waals surface area contributed by atoms with Crippen LogP contribution in [0.4, 0.5) is 4.39 Å². The topological polar surface area (TPSA) is 139 Å². The third kappa shape index (κ3) is 7.94. The molecule has 0 aromatic heterocycles. The number of halogens is 1. The Hall–Kier alpha value is -4.24. The van der Waals surface area contributed by atoms with Crippen molar-refractivity contribution in [1.82, 2.24) is 10.2 Å². The number of rotatable bonds is 11. The van der Waals surface area contributed by atoms with Crippen molar-refractivity contribution in [3.63, 3.8) is 0 Å². The lowest BCUT2D eigenvalue weighted by molar-refractivity contribution is -0.146. The highest BCUT2D eigenvalue weighted by atomic mass is 19.1. The summed E-state index contributed by atoms with van der Waals surface area (Å²) in [6.07, 6.45) is 0.380. The van der Waals surface area contributed by atoms with Gasteiger partial charge in [0.15, 0.2) is 0 Å². The standard InChI is InChI=1S/C33H41FN4O4/c1-32(2,3)25-17-23(13-16-28(25)39)19-27(29(36)40)37-31(42)33(4,20-22-9-7-6-8-10-22)38(5)30(41)26(35)18-21-11-14-24(34)15-12-21/h6-17,26-27,39H,18-20,35H2,1-5H3,(H2,36,40)(H,37,42)/t26-,27-,33+/m0/s1. The zero-order valence-corrected chi connectivity index (χ0v) is 24.9. The van der Waals surface area contributed by atoms with Crippen LogP contribution in [0, 0.1) is 5.82 Å². The SMILES string of the molecule is CN(C(=O)[C@@H](N)Cc1ccc(F)cc1)[C@](C)(Cc1ccccc1)C(=O)N[C@@H](Cc1ccc(O)c(C(C)(C)C)c1)C(N)=O. The summed E-state index contributed by atoms with van der Waals surface area (Å²) in [5, 5.41) is 13.1. The molecule has 3 rings (SSSR count). The number of phenols is 1. The van der Waals surface area contributed by atoms with Crippen LogP contribution in [0.25, 0.3) is 0 Å². The fraction of sp³-hybridized carbons (Fsp3) is 0.364. The molecule has 0 aliphatic rings. The molecule has 0 aliphatic carbocycles. The van der Waals surface area contributed by atoms with Gasteiger partial charge in [0, 0.05) is 19.9 Å². The lowest BCUT2D eigenvalue weighted by atomic mass is 9.84. The van der Waals surface area contributed by atoms with Gasteiger partial charge in [-0.05, 0) is 59.2 Å². The van der Waals surface area contributed by atoms with Crippen LogP contribution < -0.4 is 16.8 Å². The normalized spacial score (nSPS) is 14.4. The summed E-state index contributed by atoms with van der Waals surface area (Å²) in [6.45, 7) is 7.50. The van der Waals surface area contributed by atoms with Crippen molar-refractivity contribution in [1.29, 1.82) is 0 Å². The van der Waals surface area contributed by atoms with Crippen molar-refractivity contribution in [2.24, 2.45) is 11.5 Å². The summed E-state index contributed by atoms with van der Waals surface area (Å²) in [5.41, 5.74) is 13.1. The maximum Gasteiger partial charge on any atom is 0.246 e. The molecule has 0 heterocycles. The minimum absolute atomic E-state index is 0.0909. The number of nitrogens with two attached hydrogens (primary N) is 2. The number of primary amides is 1. The molecule has 0 saturated heterocycles. The van der Waals surface area contributed by atoms with Crippen molar-refractivity contribution in [3.8, 4) is 5.75 Å². The van der Waals surface area contributed by atoms with Gasteiger partial charge in [-0.2, -0.15) is 0 Å². The number of amides is 3. The van der Waals surface area contributed by atoms with E-state index < -0.39 is 41.2 Å². The average Bonchev–Trinajstić information content (AvgIpc) is 2.93. The van der Waals surface area contributed by atoms with Crippen LogP contribution in [0.15, 0.2) is 72.8 Å². The molecule has 9 heteroatoms. The number of nitrogens with zero attached hydrogens (tertiary/aromatic N) is 1. The first-order valence-electron chi connectivity index (χ1n) is 13.9. The summed E-state index contributed by atoms with van der Waals surface area (Å²) in [4.78, 5) is 41.4. The third-order valence-corrected chi connectivity index (χ3v) is 7.59. The molecule has 224 valence electrons. The lowest BCUT2D eigenvalue weighted by Crippen LogP contribution is -2.63. The number of hydrogen-bond donors (Lipinski definition) is 4. The van der Waals surface area contributed by atoms with Gasteiger partial charge in [-0.15, -0.1) is 0 Å². The Kier molecular flexibility index (Phi) is 10.1. The summed E-state index contributed by atoms with van der Waals surface area (Å²) < 4.78 is 13.4. The number of aromatic hydroxyl groups is 1. The maximum atomic E-state index is 14.0. The number of nitrogens with one attached hydrogen (secondary N) is 1. The van der Waals surface area contributed by atoms with Gasteiger partial charge in [-0.1, -0.05) is 75.4 Å². The predicted octanol–water partition coefficient (Wildman–Crippen LogP) is 3.37. The number of carbonyl (C=O) groups is 3. The molecule has 0 radical (unpaired) electrons. The first kappa shape index (κ1) is 32.3. The van der Waals surface area contributed by atoms with Gasteiger partial charge in [-0.3, -0.25) is 14.4 Å². The van der Waals surface area contributed by atoms with E-state index >= 15 is 0 Å². The Morgan fingerprint density at radius 3 is 2.07 bits per heavy atom. The van der Waals surface area contributed by atoms with Gasteiger partial charge in [-0.25, -0.2) is 4.39 Å². The fourth-order valence-corrected chi connectivity index (χ4v) is 4.88. The molecule has 0 aliphatic heterocycles. The van der Waals surface area contributed by atoms with Crippen LogP contribution in [0.2, 0.25) is 0 Å². The van der Waals surface area contributed by atoms with Gasteiger partial charge in [0.05, 0.1) is 6.04 Å². The fourth-order valence-electron chi connectivity index (χ4n) is 4.88.